The predicted octanol–water partition coefficient (Wildman–Crippen LogP) is 0.559. The van der Waals surface area contributed by atoms with Crippen molar-refractivity contribution in [3.8, 4) is 0 Å². The number of hydrogen-bond acceptors (Lipinski definition) is 3. The number of nitrogens with zero attached hydrogens (tertiary/aromatic N) is 2. The molecule has 5 nitrogen and oxygen atoms in total. The zero-order chi connectivity index (χ0) is 14.3. The van der Waals surface area contributed by atoms with E-state index in [0.29, 0.717) is 19.5 Å². The Labute approximate surface area is 117 Å². The van der Waals surface area contributed by atoms with Crippen molar-refractivity contribution in [2.75, 3.05) is 25.0 Å². The van der Waals surface area contributed by atoms with Gasteiger partial charge in [0.25, 0.3) is 0 Å². The standard InChI is InChI=1S/C15H18N2O3/c1-16-8-9-17(14(19)13(16)18)12-4-2-11(3-5-12)10-15(20)6-7-15/h2-5,20H,6-10H2,1H3. The molecule has 1 aliphatic heterocycles. The molecule has 0 radical (unpaired) electrons. The molecule has 0 aromatic heterocycles. The van der Waals surface area contributed by atoms with Crippen molar-refractivity contribution < 1.29 is 14.7 Å². The first-order valence-electron chi connectivity index (χ1n) is 6.87. The Morgan fingerprint density at radius 2 is 1.75 bits per heavy atom. The molecule has 2 amide bonds. The van der Waals surface area contributed by atoms with E-state index in [9.17, 15) is 14.7 Å². The van der Waals surface area contributed by atoms with E-state index in [-0.39, 0.29) is 0 Å². The monoisotopic (exact) mass is 274 g/mol. The number of amides is 2. The summed E-state index contributed by atoms with van der Waals surface area (Å²) in [6, 6.07) is 7.53. The maximum Gasteiger partial charge on any atom is 0.316 e. The van der Waals surface area contributed by atoms with Crippen molar-refractivity contribution in [3.63, 3.8) is 0 Å². The molecule has 106 valence electrons. The molecule has 0 bridgehead atoms. The summed E-state index contributed by atoms with van der Waals surface area (Å²) in [5.41, 5.74) is 1.28. The van der Waals surface area contributed by atoms with E-state index in [1.54, 1.807) is 7.05 Å². The minimum absolute atomic E-state index is 0.465. The highest BCUT2D eigenvalue weighted by molar-refractivity contribution is 6.40. The van der Waals surface area contributed by atoms with Crippen LogP contribution in [0.5, 0.6) is 0 Å². The number of likely N-dealkylation sites (N-methyl/N-ethyl adjacent to an activating group) is 1. The molecule has 1 aliphatic carbocycles. The number of carbonyl (C=O) groups excluding carboxylic acids is 2. The van der Waals surface area contributed by atoms with Crippen molar-refractivity contribution in [3.05, 3.63) is 29.8 Å². The van der Waals surface area contributed by atoms with Crippen LogP contribution in [0.3, 0.4) is 0 Å². The highest BCUT2D eigenvalue weighted by Gasteiger charge is 2.40. The van der Waals surface area contributed by atoms with Gasteiger partial charge in [-0.2, -0.15) is 0 Å². The van der Waals surface area contributed by atoms with Gasteiger partial charge in [-0.3, -0.25) is 9.59 Å². The lowest BCUT2D eigenvalue weighted by Gasteiger charge is -2.31. The third-order valence-electron chi connectivity index (χ3n) is 4.04. The van der Waals surface area contributed by atoms with Crippen LogP contribution in [0.15, 0.2) is 24.3 Å². The fraction of sp³-hybridized carbons (Fsp3) is 0.467. The molecule has 1 N–H and O–H groups in total. The second-order valence-corrected chi connectivity index (χ2v) is 5.75. The Bertz CT molecular complexity index is 549. The average molecular weight is 274 g/mol. The smallest absolute Gasteiger partial charge is 0.316 e. The summed E-state index contributed by atoms with van der Waals surface area (Å²) in [6.07, 6.45) is 2.38. The molecule has 3 rings (SSSR count). The zero-order valence-electron chi connectivity index (χ0n) is 11.5. The highest BCUT2D eigenvalue weighted by atomic mass is 16.3. The first kappa shape index (κ1) is 13.1. The third-order valence-corrected chi connectivity index (χ3v) is 4.04. The van der Waals surface area contributed by atoms with Gasteiger partial charge in [-0.15, -0.1) is 0 Å². The first-order chi connectivity index (χ1) is 9.48. The molecular weight excluding hydrogens is 256 g/mol. The lowest BCUT2D eigenvalue weighted by atomic mass is 10.1. The highest BCUT2D eigenvalue weighted by Crippen LogP contribution is 2.38. The number of aliphatic hydroxyl groups is 1. The molecule has 0 atom stereocenters. The van der Waals surface area contributed by atoms with Crippen LogP contribution in [0, 0.1) is 0 Å². The van der Waals surface area contributed by atoms with Crippen LogP contribution in [-0.4, -0.2) is 47.6 Å². The van der Waals surface area contributed by atoms with Crippen LogP contribution in [0.4, 0.5) is 5.69 Å². The van der Waals surface area contributed by atoms with Gasteiger partial charge in [0, 0.05) is 32.2 Å². The van der Waals surface area contributed by atoms with Crippen LogP contribution >= 0.6 is 0 Å². The molecule has 0 spiro atoms. The normalized spacial score (nSPS) is 21.3. The van der Waals surface area contributed by atoms with Crippen LogP contribution in [0.2, 0.25) is 0 Å². The molecular formula is C15H18N2O3. The van der Waals surface area contributed by atoms with E-state index >= 15 is 0 Å². The largest absolute Gasteiger partial charge is 0.390 e. The average Bonchev–Trinajstić information content (AvgIpc) is 3.15. The topological polar surface area (TPSA) is 60.9 Å². The van der Waals surface area contributed by atoms with Gasteiger partial charge in [0.2, 0.25) is 0 Å². The molecule has 1 saturated carbocycles. The first-order valence-corrected chi connectivity index (χ1v) is 6.87. The van der Waals surface area contributed by atoms with E-state index in [2.05, 4.69) is 0 Å². The molecule has 1 heterocycles. The molecule has 0 unspecified atom stereocenters. The van der Waals surface area contributed by atoms with Gasteiger partial charge < -0.3 is 14.9 Å². The number of rotatable bonds is 3. The van der Waals surface area contributed by atoms with Gasteiger partial charge in [0.15, 0.2) is 0 Å². The summed E-state index contributed by atoms with van der Waals surface area (Å²) in [7, 11) is 1.64. The number of anilines is 1. The van der Waals surface area contributed by atoms with Gasteiger partial charge in [-0.25, -0.2) is 0 Å². The summed E-state index contributed by atoms with van der Waals surface area (Å²) in [5.74, 6) is -0.945. The minimum atomic E-state index is -0.513. The number of benzene rings is 1. The molecule has 20 heavy (non-hydrogen) atoms. The third kappa shape index (κ3) is 2.41. The Hall–Kier alpha value is -1.88. The molecule has 1 aromatic carbocycles. The summed E-state index contributed by atoms with van der Waals surface area (Å²) < 4.78 is 0. The number of carbonyl (C=O) groups is 2. The molecule has 5 heteroatoms. The van der Waals surface area contributed by atoms with Crippen LogP contribution in [-0.2, 0) is 16.0 Å². The molecule has 1 aromatic rings. The van der Waals surface area contributed by atoms with Crippen LogP contribution in [0.1, 0.15) is 18.4 Å². The van der Waals surface area contributed by atoms with Crippen molar-refractivity contribution in [1.29, 1.82) is 0 Å². The summed E-state index contributed by atoms with van der Waals surface area (Å²) in [5, 5.41) is 9.89. The minimum Gasteiger partial charge on any atom is -0.390 e. The van der Waals surface area contributed by atoms with Crippen molar-refractivity contribution in [2.24, 2.45) is 0 Å². The maximum atomic E-state index is 12.0. The lowest BCUT2D eigenvalue weighted by molar-refractivity contribution is -0.145. The van der Waals surface area contributed by atoms with Gasteiger partial charge in [-0.1, -0.05) is 12.1 Å². The van der Waals surface area contributed by atoms with Gasteiger partial charge in [0.05, 0.1) is 5.60 Å². The second-order valence-electron chi connectivity index (χ2n) is 5.75. The fourth-order valence-electron chi connectivity index (χ4n) is 2.47. The SMILES string of the molecule is CN1CCN(c2ccc(CC3(O)CC3)cc2)C(=O)C1=O. The number of piperazine rings is 1. The zero-order valence-corrected chi connectivity index (χ0v) is 11.5. The van der Waals surface area contributed by atoms with E-state index in [4.69, 9.17) is 0 Å². The molecule has 1 saturated heterocycles. The quantitative estimate of drug-likeness (QED) is 0.819. The van der Waals surface area contributed by atoms with Gasteiger partial charge in [0.1, 0.15) is 0 Å². The van der Waals surface area contributed by atoms with Crippen LogP contribution in [0.25, 0.3) is 0 Å². The Morgan fingerprint density at radius 3 is 2.35 bits per heavy atom. The Kier molecular flexibility index (Phi) is 3.01. The van der Waals surface area contributed by atoms with Gasteiger partial charge >= 0.3 is 11.8 Å². The Morgan fingerprint density at radius 1 is 1.10 bits per heavy atom. The van der Waals surface area contributed by atoms with Crippen molar-refractivity contribution in [2.45, 2.75) is 24.9 Å². The Balaban J connectivity index is 1.74. The predicted molar refractivity (Wildman–Crippen MR) is 74.3 cm³/mol. The lowest BCUT2D eigenvalue weighted by Crippen LogP contribution is -2.53. The summed E-state index contributed by atoms with van der Waals surface area (Å²) in [4.78, 5) is 26.6. The second kappa shape index (κ2) is 4.59. The molecule has 2 fully saturated rings. The van der Waals surface area contributed by atoms with E-state index < -0.39 is 17.4 Å². The fourth-order valence-corrected chi connectivity index (χ4v) is 2.47. The van der Waals surface area contributed by atoms with Gasteiger partial charge in [-0.05, 0) is 30.5 Å². The van der Waals surface area contributed by atoms with E-state index in [1.165, 1.54) is 9.80 Å². The summed E-state index contributed by atoms with van der Waals surface area (Å²) >= 11 is 0. The van der Waals surface area contributed by atoms with Crippen molar-refractivity contribution in [1.82, 2.24) is 4.90 Å². The van der Waals surface area contributed by atoms with Crippen molar-refractivity contribution >= 4 is 17.5 Å². The van der Waals surface area contributed by atoms with E-state index in [1.807, 2.05) is 24.3 Å². The summed E-state index contributed by atoms with van der Waals surface area (Å²) in [6.45, 7) is 1.07. The number of hydrogen-bond donors (Lipinski definition) is 1. The molecule has 2 aliphatic rings. The van der Waals surface area contributed by atoms with Crippen LogP contribution < -0.4 is 4.90 Å². The maximum absolute atomic E-state index is 12.0. The van der Waals surface area contributed by atoms with E-state index in [0.717, 1.165) is 24.1 Å².